The lowest BCUT2D eigenvalue weighted by Crippen LogP contribution is -2.22. The number of rotatable bonds is 8. The molecule has 40 heavy (non-hydrogen) atoms. The minimum Gasteiger partial charge on any atom is -0.497 e. The Kier molecular flexibility index (Phi) is 7.01. The Bertz CT molecular complexity index is 1740. The second-order valence-electron chi connectivity index (χ2n) is 9.02. The third-order valence-corrected chi connectivity index (χ3v) is 6.82. The van der Waals surface area contributed by atoms with E-state index in [0.29, 0.717) is 55.2 Å². The molecule has 8 nitrogen and oxygen atoms in total. The lowest BCUT2D eigenvalue weighted by molar-refractivity contribution is -0.274. The van der Waals surface area contributed by atoms with Gasteiger partial charge in [-0.05, 0) is 61.9 Å². The number of aromatic nitrogens is 2. The van der Waals surface area contributed by atoms with Crippen molar-refractivity contribution in [1.29, 1.82) is 0 Å². The number of fused-ring (bicyclic) bond motifs is 2. The smallest absolute Gasteiger partial charge is 0.497 e. The highest BCUT2D eigenvalue weighted by Gasteiger charge is 2.32. The van der Waals surface area contributed by atoms with Crippen LogP contribution in [0.2, 0.25) is 5.02 Å². The first kappa shape index (κ1) is 27.2. The average molecular weight is 575 g/mol. The zero-order valence-corrected chi connectivity index (χ0v) is 22.1. The molecule has 0 saturated heterocycles. The first-order chi connectivity index (χ1) is 18.9. The Balaban J connectivity index is 1.67. The SMILES string of the molecule is COc1ccc2c(-c3c(C)n(Cc4cc(OC(C)C(=O)O)ccc4Cl)c4cc(OC(F)(F)F)ccc34)noc2c1. The molecule has 1 atom stereocenters. The van der Waals surface area contributed by atoms with E-state index in [1.165, 1.54) is 32.2 Å². The summed E-state index contributed by atoms with van der Waals surface area (Å²) in [6, 6.07) is 14.0. The molecule has 0 saturated carbocycles. The van der Waals surface area contributed by atoms with Crippen molar-refractivity contribution in [2.24, 2.45) is 0 Å². The van der Waals surface area contributed by atoms with E-state index < -0.39 is 24.2 Å². The van der Waals surface area contributed by atoms with Gasteiger partial charge in [0.25, 0.3) is 0 Å². The summed E-state index contributed by atoms with van der Waals surface area (Å²) in [4.78, 5) is 11.2. The molecule has 0 aliphatic carbocycles. The summed E-state index contributed by atoms with van der Waals surface area (Å²) in [7, 11) is 1.53. The van der Waals surface area contributed by atoms with Crippen molar-refractivity contribution in [1.82, 2.24) is 9.72 Å². The Labute approximate surface area is 230 Å². The first-order valence-electron chi connectivity index (χ1n) is 12.0. The molecular weight excluding hydrogens is 553 g/mol. The van der Waals surface area contributed by atoms with Gasteiger partial charge in [0.1, 0.15) is 22.9 Å². The van der Waals surface area contributed by atoms with Gasteiger partial charge in [-0.25, -0.2) is 4.79 Å². The van der Waals surface area contributed by atoms with Crippen LogP contribution in [0, 0.1) is 6.92 Å². The highest BCUT2D eigenvalue weighted by molar-refractivity contribution is 6.31. The number of ether oxygens (including phenoxy) is 3. The molecule has 208 valence electrons. The third kappa shape index (κ3) is 5.24. The molecule has 5 aromatic rings. The van der Waals surface area contributed by atoms with Gasteiger partial charge in [-0.15, -0.1) is 13.2 Å². The molecule has 0 aliphatic heterocycles. The molecule has 0 spiro atoms. The maximum absolute atomic E-state index is 13.1. The van der Waals surface area contributed by atoms with Gasteiger partial charge in [0.05, 0.1) is 18.0 Å². The number of benzene rings is 3. The summed E-state index contributed by atoms with van der Waals surface area (Å²) in [6.45, 7) is 3.33. The highest BCUT2D eigenvalue weighted by Crippen LogP contribution is 2.41. The fraction of sp³-hybridized carbons (Fsp3) is 0.214. The van der Waals surface area contributed by atoms with Crippen LogP contribution in [-0.4, -0.2) is 40.4 Å². The molecule has 5 rings (SSSR count). The number of hydrogen-bond donors (Lipinski definition) is 1. The molecule has 0 radical (unpaired) electrons. The van der Waals surface area contributed by atoms with Crippen LogP contribution in [0.1, 0.15) is 18.2 Å². The maximum atomic E-state index is 13.1. The summed E-state index contributed by atoms with van der Waals surface area (Å²) < 4.78 is 61.5. The lowest BCUT2D eigenvalue weighted by Gasteiger charge is -2.15. The minimum atomic E-state index is -4.87. The van der Waals surface area contributed by atoms with Gasteiger partial charge in [0.15, 0.2) is 11.7 Å². The molecular formula is C28H22ClF3N2O6. The second-order valence-corrected chi connectivity index (χ2v) is 9.43. The van der Waals surface area contributed by atoms with E-state index in [4.69, 9.17) is 25.6 Å². The largest absolute Gasteiger partial charge is 0.573 e. The summed E-state index contributed by atoms with van der Waals surface area (Å²) in [5, 5.41) is 15.1. The number of halogens is 4. The van der Waals surface area contributed by atoms with Crippen LogP contribution in [0.15, 0.2) is 59.1 Å². The number of nitrogens with zero attached hydrogens (tertiary/aromatic N) is 2. The summed E-state index contributed by atoms with van der Waals surface area (Å²) in [5.74, 6) is -0.667. The van der Waals surface area contributed by atoms with E-state index in [1.807, 2.05) is 6.92 Å². The highest BCUT2D eigenvalue weighted by atomic mass is 35.5. The Hall–Kier alpha value is -4.38. The van der Waals surface area contributed by atoms with Crippen LogP contribution in [0.25, 0.3) is 33.1 Å². The number of carboxylic acid groups (broad SMARTS) is 1. The van der Waals surface area contributed by atoms with Gasteiger partial charge in [0, 0.05) is 40.3 Å². The van der Waals surface area contributed by atoms with E-state index in [0.717, 1.165) is 0 Å². The van der Waals surface area contributed by atoms with Gasteiger partial charge in [-0.1, -0.05) is 16.8 Å². The minimum absolute atomic E-state index is 0.124. The number of methoxy groups -OCH3 is 1. The molecule has 0 bridgehead atoms. The molecule has 0 fully saturated rings. The van der Waals surface area contributed by atoms with Crippen molar-refractivity contribution < 1.29 is 41.8 Å². The van der Waals surface area contributed by atoms with Crippen molar-refractivity contribution in [3.8, 4) is 28.5 Å². The van der Waals surface area contributed by atoms with Crippen LogP contribution >= 0.6 is 11.6 Å². The van der Waals surface area contributed by atoms with E-state index in [9.17, 15) is 23.1 Å². The molecule has 2 aromatic heterocycles. The fourth-order valence-corrected chi connectivity index (χ4v) is 4.73. The van der Waals surface area contributed by atoms with Crippen molar-refractivity contribution in [3.05, 3.63) is 70.9 Å². The van der Waals surface area contributed by atoms with E-state index in [1.54, 1.807) is 41.0 Å². The van der Waals surface area contributed by atoms with E-state index >= 15 is 0 Å². The summed E-state index contributed by atoms with van der Waals surface area (Å²) in [6.07, 6.45) is -5.98. The predicted octanol–water partition coefficient (Wildman–Crippen LogP) is 7.22. The van der Waals surface area contributed by atoms with E-state index in [2.05, 4.69) is 9.89 Å². The van der Waals surface area contributed by atoms with Crippen molar-refractivity contribution in [2.45, 2.75) is 32.9 Å². The zero-order chi connectivity index (χ0) is 28.8. The van der Waals surface area contributed by atoms with Gasteiger partial charge < -0.3 is 28.4 Å². The van der Waals surface area contributed by atoms with Crippen LogP contribution in [0.3, 0.4) is 0 Å². The first-order valence-corrected chi connectivity index (χ1v) is 12.3. The average Bonchev–Trinajstić information content (AvgIpc) is 3.42. The van der Waals surface area contributed by atoms with Gasteiger partial charge in [0.2, 0.25) is 0 Å². The Morgan fingerprint density at radius 1 is 1.07 bits per heavy atom. The van der Waals surface area contributed by atoms with Gasteiger partial charge in [-0.3, -0.25) is 0 Å². The molecule has 2 heterocycles. The molecule has 3 aromatic carbocycles. The number of carboxylic acids is 1. The second kappa shape index (κ2) is 10.3. The Morgan fingerprint density at radius 2 is 1.77 bits per heavy atom. The zero-order valence-electron chi connectivity index (χ0n) is 21.4. The quantitative estimate of drug-likeness (QED) is 0.209. The maximum Gasteiger partial charge on any atom is 0.573 e. The number of alkyl halides is 3. The van der Waals surface area contributed by atoms with Crippen LogP contribution in [0.4, 0.5) is 13.2 Å². The van der Waals surface area contributed by atoms with Crippen LogP contribution in [0.5, 0.6) is 17.2 Å². The van der Waals surface area contributed by atoms with Crippen molar-refractivity contribution >= 4 is 39.4 Å². The van der Waals surface area contributed by atoms with Gasteiger partial charge in [-0.2, -0.15) is 0 Å². The lowest BCUT2D eigenvalue weighted by atomic mass is 10.0. The fourth-order valence-electron chi connectivity index (χ4n) is 4.55. The molecule has 0 aliphatic rings. The van der Waals surface area contributed by atoms with Crippen molar-refractivity contribution in [2.75, 3.05) is 7.11 Å². The Morgan fingerprint density at radius 3 is 2.48 bits per heavy atom. The predicted molar refractivity (Wildman–Crippen MR) is 141 cm³/mol. The number of carbonyl (C=O) groups is 1. The molecule has 12 heteroatoms. The molecule has 0 amide bonds. The number of aliphatic carboxylic acids is 1. The topological polar surface area (TPSA) is 96.0 Å². The standard InChI is InChI=1S/C28H22ClF3N2O6/c1-14-25(26-21-8-4-17(37-3)12-24(21)40-33-26)20-7-5-19(39-28(30,31)32)11-23(20)34(14)13-16-10-18(6-9-22(16)29)38-15(2)27(35)36/h4-12,15H,13H2,1-3H3,(H,35,36). The van der Waals surface area contributed by atoms with E-state index in [-0.39, 0.29) is 12.3 Å². The van der Waals surface area contributed by atoms with Crippen molar-refractivity contribution in [3.63, 3.8) is 0 Å². The summed E-state index contributed by atoms with van der Waals surface area (Å²) >= 11 is 6.48. The molecule has 1 unspecified atom stereocenters. The van der Waals surface area contributed by atoms with Gasteiger partial charge >= 0.3 is 12.3 Å². The van der Waals surface area contributed by atoms with Crippen LogP contribution in [-0.2, 0) is 11.3 Å². The number of hydrogen-bond acceptors (Lipinski definition) is 6. The summed E-state index contributed by atoms with van der Waals surface area (Å²) in [5.41, 5.74) is 3.29. The normalized spacial score (nSPS) is 12.6. The third-order valence-electron chi connectivity index (χ3n) is 6.45. The van der Waals surface area contributed by atoms with Crippen LogP contribution < -0.4 is 14.2 Å². The molecule has 1 N–H and O–H groups in total. The monoisotopic (exact) mass is 574 g/mol.